The fraction of sp³-hybridized carbons (Fsp3) is 0.158. The van der Waals surface area contributed by atoms with Crippen molar-refractivity contribution in [2.75, 3.05) is 0 Å². The Balaban J connectivity index is 1.93. The van der Waals surface area contributed by atoms with Gasteiger partial charge >= 0.3 is 11.9 Å². The molecule has 0 aliphatic carbocycles. The number of amides is 1. The molecule has 2 aromatic carbocycles. The Hall–Kier alpha value is -3.68. The van der Waals surface area contributed by atoms with Crippen LogP contribution in [0.1, 0.15) is 28.8 Å². The highest BCUT2D eigenvalue weighted by molar-refractivity contribution is 6.35. The molecule has 0 radical (unpaired) electrons. The molecule has 0 aliphatic heterocycles. The van der Waals surface area contributed by atoms with Gasteiger partial charge in [-0.2, -0.15) is 5.10 Å². The molecule has 3 N–H and O–H groups in total. The summed E-state index contributed by atoms with van der Waals surface area (Å²) in [4.78, 5) is 33.6. The van der Waals surface area contributed by atoms with Crippen LogP contribution >= 0.6 is 0 Å². The Morgan fingerprint density at radius 2 is 1.59 bits per heavy atom. The lowest BCUT2D eigenvalue weighted by molar-refractivity contribution is -0.136. The molecule has 8 heteroatoms. The first-order valence-electron chi connectivity index (χ1n) is 8.04. The first-order chi connectivity index (χ1) is 13.0. The number of aliphatic carboxylic acids is 2. The maximum Gasteiger partial charge on any atom is 0.352 e. The molecule has 0 saturated carbocycles. The molecule has 1 amide bonds. The summed E-state index contributed by atoms with van der Waals surface area (Å²) in [6.45, 7) is 0.336. The van der Waals surface area contributed by atoms with Gasteiger partial charge in [0.15, 0.2) is 0 Å². The third-order valence-electron chi connectivity index (χ3n) is 3.48. The van der Waals surface area contributed by atoms with Gasteiger partial charge in [0, 0.05) is 12.0 Å². The van der Waals surface area contributed by atoms with E-state index in [4.69, 9.17) is 14.9 Å². The maximum absolute atomic E-state index is 12.0. The fourth-order valence-electron chi connectivity index (χ4n) is 2.05. The molecule has 2 rings (SSSR count). The van der Waals surface area contributed by atoms with Crippen LogP contribution in [0.2, 0.25) is 0 Å². The molecule has 0 fully saturated rings. The summed E-state index contributed by atoms with van der Waals surface area (Å²) in [7, 11) is 0. The standard InChI is InChI=1S/C19H18N2O6/c22-17(23)11-10-16(19(25)26)20-21-18(24)14-8-6-13(7-9-14)12-27-15-4-2-1-3-5-15/h1-9H,10-12H2,(H,21,24)(H,22,23)(H,25,26)/b20-16+. The molecule has 0 bridgehead atoms. The quantitative estimate of drug-likeness (QED) is 0.459. The number of nitrogens with zero attached hydrogens (tertiary/aromatic N) is 1. The molecule has 140 valence electrons. The van der Waals surface area contributed by atoms with Crippen molar-refractivity contribution in [1.29, 1.82) is 0 Å². The highest BCUT2D eigenvalue weighted by Crippen LogP contribution is 2.12. The normalized spacial score (nSPS) is 10.9. The molecular formula is C19H18N2O6. The van der Waals surface area contributed by atoms with Crippen LogP contribution < -0.4 is 10.2 Å². The number of carbonyl (C=O) groups excluding carboxylic acids is 1. The molecule has 0 aromatic heterocycles. The molecule has 2 aromatic rings. The molecule has 0 atom stereocenters. The minimum absolute atomic E-state index is 0.283. The SMILES string of the molecule is O=C(O)CC/C(=N\NC(=O)c1ccc(COc2ccccc2)cc1)C(=O)O. The molecule has 0 saturated heterocycles. The van der Waals surface area contributed by atoms with Crippen LogP contribution in [0.25, 0.3) is 0 Å². The Labute approximate surface area is 155 Å². The van der Waals surface area contributed by atoms with Crippen molar-refractivity contribution in [2.24, 2.45) is 5.10 Å². The molecule has 8 nitrogen and oxygen atoms in total. The Morgan fingerprint density at radius 1 is 0.926 bits per heavy atom. The van der Waals surface area contributed by atoms with Gasteiger partial charge in [-0.15, -0.1) is 0 Å². The van der Waals surface area contributed by atoms with Gasteiger partial charge in [-0.3, -0.25) is 9.59 Å². The number of ether oxygens (including phenoxy) is 1. The number of hydrogen-bond acceptors (Lipinski definition) is 5. The van der Waals surface area contributed by atoms with Crippen molar-refractivity contribution >= 4 is 23.6 Å². The Morgan fingerprint density at radius 3 is 2.19 bits per heavy atom. The number of hydrazone groups is 1. The van der Waals surface area contributed by atoms with E-state index in [1.54, 1.807) is 24.3 Å². The largest absolute Gasteiger partial charge is 0.489 e. The van der Waals surface area contributed by atoms with Crippen molar-refractivity contribution in [3.05, 3.63) is 65.7 Å². The Bertz CT molecular complexity index is 831. The number of benzene rings is 2. The molecule has 0 spiro atoms. The van der Waals surface area contributed by atoms with Crippen molar-refractivity contribution in [3.63, 3.8) is 0 Å². The number of carbonyl (C=O) groups is 3. The van der Waals surface area contributed by atoms with Gasteiger partial charge in [0.25, 0.3) is 5.91 Å². The minimum atomic E-state index is -1.38. The van der Waals surface area contributed by atoms with E-state index in [0.29, 0.717) is 6.61 Å². The van der Waals surface area contributed by atoms with Crippen molar-refractivity contribution in [3.8, 4) is 5.75 Å². The second-order valence-electron chi connectivity index (χ2n) is 5.50. The summed E-state index contributed by atoms with van der Waals surface area (Å²) in [6.07, 6.45) is -0.683. The van der Waals surface area contributed by atoms with E-state index in [2.05, 4.69) is 10.5 Å². The average Bonchev–Trinajstić information content (AvgIpc) is 2.67. The summed E-state index contributed by atoms with van der Waals surface area (Å²) in [6, 6.07) is 15.8. The summed E-state index contributed by atoms with van der Waals surface area (Å²) in [5.41, 5.74) is 2.83. The second kappa shape index (κ2) is 9.71. The minimum Gasteiger partial charge on any atom is -0.489 e. The van der Waals surface area contributed by atoms with Crippen LogP contribution in [0.4, 0.5) is 0 Å². The highest BCUT2D eigenvalue weighted by atomic mass is 16.5. The molecule has 0 heterocycles. The maximum atomic E-state index is 12.0. The van der Waals surface area contributed by atoms with Gasteiger partial charge in [-0.25, -0.2) is 10.2 Å². The van der Waals surface area contributed by atoms with Crippen molar-refractivity contribution in [1.82, 2.24) is 5.43 Å². The lowest BCUT2D eigenvalue weighted by Gasteiger charge is -2.07. The number of hydrogen-bond donors (Lipinski definition) is 3. The third-order valence-corrected chi connectivity index (χ3v) is 3.48. The fourth-order valence-corrected chi connectivity index (χ4v) is 2.05. The zero-order chi connectivity index (χ0) is 19.6. The van der Waals surface area contributed by atoms with Crippen LogP contribution in [0.15, 0.2) is 59.7 Å². The highest BCUT2D eigenvalue weighted by Gasteiger charge is 2.13. The second-order valence-corrected chi connectivity index (χ2v) is 5.50. The van der Waals surface area contributed by atoms with E-state index >= 15 is 0 Å². The molecule has 27 heavy (non-hydrogen) atoms. The van der Waals surface area contributed by atoms with Crippen LogP contribution in [-0.2, 0) is 16.2 Å². The predicted octanol–water partition coefficient (Wildman–Crippen LogP) is 2.30. The van der Waals surface area contributed by atoms with Gasteiger partial charge in [0.05, 0.1) is 6.42 Å². The topological polar surface area (TPSA) is 125 Å². The monoisotopic (exact) mass is 370 g/mol. The van der Waals surface area contributed by atoms with Crippen molar-refractivity contribution < 1.29 is 29.3 Å². The third kappa shape index (κ3) is 6.62. The summed E-state index contributed by atoms with van der Waals surface area (Å²) >= 11 is 0. The number of carboxylic acid groups (broad SMARTS) is 2. The number of para-hydroxylation sites is 1. The van der Waals surface area contributed by atoms with Gasteiger partial charge in [0.2, 0.25) is 0 Å². The zero-order valence-corrected chi connectivity index (χ0v) is 14.3. The predicted molar refractivity (Wildman–Crippen MR) is 96.6 cm³/mol. The molecule has 0 unspecified atom stereocenters. The van der Waals surface area contributed by atoms with Crippen LogP contribution in [-0.4, -0.2) is 33.8 Å². The summed E-state index contributed by atoms with van der Waals surface area (Å²) in [5, 5.41) is 21.1. The first kappa shape index (κ1) is 19.6. The number of rotatable bonds is 9. The van der Waals surface area contributed by atoms with E-state index in [-0.39, 0.29) is 12.0 Å². The van der Waals surface area contributed by atoms with Crippen molar-refractivity contribution in [2.45, 2.75) is 19.4 Å². The lowest BCUT2D eigenvalue weighted by Crippen LogP contribution is -2.23. The van der Waals surface area contributed by atoms with Crippen LogP contribution in [0.3, 0.4) is 0 Å². The molecule has 0 aliphatic rings. The zero-order valence-electron chi connectivity index (χ0n) is 14.3. The number of carboxylic acids is 2. The van der Waals surface area contributed by atoms with Gasteiger partial charge in [0.1, 0.15) is 18.1 Å². The lowest BCUT2D eigenvalue weighted by atomic mass is 10.1. The van der Waals surface area contributed by atoms with Gasteiger partial charge in [-0.05, 0) is 29.8 Å². The van der Waals surface area contributed by atoms with E-state index < -0.39 is 30.0 Å². The molecular weight excluding hydrogens is 352 g/mol. The van der Waals surface area contributed by atoms with E-state index in [0.717, 1.165) is 11.3 Å². The summed E-state index contributed by atoms with van der Waals surface area (Å²) in [5.74, 6) is -2.40. The van der Waals surface area contributed by atoms with Gasteiger partial charge < -0.3 is 14.9 Å². The first-order valence-corrected chi connectivity index (χ1v) is 8.04. The van der Waals surface area contributed by atoms with E-state index in [9.17, 15) is 14.4 Å². The van der Waals surface area contributed by atoms with E-state index in [1.165, 1.54) is 0 Å². The van der Waals surface area contributed by atoms with E-state index in [1.807, 2.05) is 30.3 Å². The van der Waals surface area contributed by atoms with Crippen LogP contribution in [0.5, 0.6) is 5.75 Å². The Kier molecular flexibility index (Phi) is 7.07. The van der Waals surface area contributed by atoms with Gasteiger partial charge in [-0.1, -0.05) is 30.3 Å². The summed E-state index contributed by atoms with van der Waals surface area (Å²) < 4.78 is 5.61. The number of nitrogens with one attached hydrogen (secondary N) is 1. The smallest absolute Gasteiger partial charge is 0.352 e. The van der Waals surface area contributed by atoms with Crippen LogP contribution in [0, 0.1) is 0 Å². The average molecular weight is 370 g/mol.